The topological polar surface area (TPSA) is 69.6 Å². The molecule has 0 bridgehead atoms. The molecule has 5 nitrogen and oxygen atoms in total. The van der Waals surface area contributed by atoms with Crippen molar-refractivity contribution in [3.63, 3.8) is 0 Å². The largest absolute Gasteiger partial charge is 0.480 e. The summed E-state index contributed by atoms with van der Waals surface area (Å²) in [5.41, 5.74) is -0.351. The summed E-state index contributed by atoms with van der Waals surface area (Å²) in [6, 6.07) is 6.89. The molecule has 138 valence electrons. The number of halogens is 1. The summed E-state index contributed by atoms with van der Waals surface area (Å²) in [6.45, 7) is 1.97. The van der Waals surface area contributed by atoms with E-state index in [0.29, 0.717) is 23.9 Å². The van der Waals surface area contributed by atoms with Crippen LogP contribution in [0.15, 0.2) is 24.3 Å². The Bertz CT molecular complexity index is 616. The van der Waals surface area contributed by atoms with Gasteiger partial charge in [-0.1, -0.05) is 55.8 Å². The second-order valence-electron chi connectivity index (χ2n) is 7.26. The first-order chi connectivity index (χ1) is 11.8. The van der Waals surface area contributed by atoms with E-state index < -0.39 is 11.5 Å². The number of carboxylic acids is 1. The number of hydrogen-bond donors (Lipinski definition) is 2. The number of carbonyl (C=O) groups is 2. The number of rotatable bonds is 6. The lowest BCUT2D eigenvalue weighted by molar-refractivity contribution is -0.144. The van der Waals surface area contributed by atoms with Crippen LogP contribution < -0.4 is 5.32 Å². The predicted octanol–water partition coefficient (Wildman–Crippen LogP) is 4.30. The van der Waals surface area contributed by atoms with Gasteiger partial charge >= 0.3 is 12.0 Å². The number of hydrogen-bond acceptors (Lipinski definition) is 2. The van der Waals surface area contributed by atoms with Crippen molar-refractivity contribution in [3.05, 3.63) is 34.9 Å². The number of benzene rings is 1. The van der Waals surface area contributed by atoms with Crippen molar-refractivity contribution >= 4 is 23.6 Å². The molecule has 0 saturated heterocycles. The maximum Gasteiger partial charge on any atom is 0.329 e. The third kappa shape index (κ3) is 5.63. The van der Waals surface area contributed by atoms with Crippen molar-refractivity contribution in [2.75, 3.05) is 7.05 Å². The van der Waals surface area contributed by atoms with Crippen molar-refractivity contribution in [2.45, 2.75) is 57.5 Å². The molecule has 1 unspecified atom stereocenters. The smallest absolute Gasteiger partial charge is 0.329 e. The van der Waals surface area contributed by atoms with Gasteiger partial charge in [0.2, 0.25) is 0 Å². The fourth-order valence-electron chi connectivity index (χ4n) is 3.47. The fourth-order valence-corrected chi connectivity index (χ4v) is 3.69. The molecule has 1 fully saturated rings. The molecule has 1 saturated carbocycles. The second kappa shape index (κ2) is 8.56. The van der Waals surface area contributed by atoms with Crippen LogP contribution in [0.25, 0.3) is 0 Å². The Kier molecular flexibility index (Phi) is 6.71. The van der Waals surface area contributed by atoms with Crippen LogP contribution in [0.4, 0.5) is 4.79 Å². The van der Waals surface area contributed by atoms with Gasteiger partial charge in [0.25, 0.3) is 0 Å². The number of nitrogens with one attached hydrogen (secondary N) is 1. The van der Waals surface area contributed by atoms with Crippen molar-refractivity contribution in [1.82, 2.24) is 10.2 Å². The summed E-state index contributed by atoms with van der Waals surface area (Å²) in [7, 11) is 1.65. The summed E-state index contributed by atoms with van der Waals surface area (Å²) in [6.07, 6.45) is 6.05. The lowest BCUT2D eigenvalue weighted by Crippen LogP contribution is -2.56. The third-order valence-electron chi connectivity index (χ3n) is 4.93. The van der Waals surface area contributed by atoms with Gasteiger partial charge in [-0.05, 0) is 37.0 Å². The highest BCUT2D eigenvalue weighted by atomic mass is 35.5. The first-order valence-electron chi connectivity index (χ1n) is 8.81. The highest BCUT2D eigenvalue weighted by molar-refractivity contribution is 6.30. The zero-order chi connectivity index (χ0) is 18.4. The number of carbonyl (C=O) groups excluding carboxylic acids is 1. The van der Waals surface area contributed by atoms with Crippen LogP contribution in [-0.2, 0) is 11.3 Å². The van der Waals surface area contributed by atoms with Gasteiger partial charge in [-0.2, -0.15) is 0 Å². The Hall–Kier alpha value is -1.75. The van der Waals surface area contributed by atoms with E-state index in [1.54, 1.807) is 26.1 Å². The van der Waals surface area contributed by atoms with Gasteiger partial charge in [0.05, 0.1) is 0 Å². The third-order valence-corrected chi connectivity index (χ3v) is 5.17. The lowest BCUT2D eigenvalue weighted by Gasteiger charge is -2.33. The minimum absolute atomic E-state index is 0.355. The first-order valence-corrected chi connectivity index (χ1v) is 9.19. The maximum atomic E-state index is 12.5. The molecule has 1 aromatic carbocycles. The Labute approximate surface area is 154 Å². The highest BCUT2D eigenvalue weighted by Gasteiger charge is 2.38. The van der Waals surface area contributed by atoms with Gasteiger partial charge in [-0.15, -0.1) is 0 Å². The zero-order valence-corrected chi connectivity index (χ0v) is 15.7. The molecule has 25 heavy (non-hydrogen) atoms. The molecule has 1 aromatic rings. The normalized spacial score (nSPS) is 17.6. The SMILES string of the molecule is CN(Cc1cccc(Cl)c1)C(=O)NC(C)(CC1CCCCC1)C(=O)O. The van der Waals surface area contributed by atoms with Gasteiger partial charge in [0, 0.05) is 18.6 Å². The minimum atomic E-state index is -1.25. The average molecular weight is 367 g/mol. The molecule has 1 atom stereocenters. The molecular weight excluding hydrogens is 340 g/mol. The summed E-state index contributed by atoms with van der Waals surface area (Å²) >= 11 is 5.97. The van der Waals surface area contributed by atoms with Crippen LogP contribution in [0.3, 0.4) is 0 Å². The molecule has 2 amide bonds. The van der Waals surface area contributed by atoms with Crippen molar-refractivity contribution in [3.8, 4) is 0 Å². The van der Waals surface area contributed by atoms with E-state index in [1.165, 1.54) is 11.3 Å². The Morgan fingerprint density at radius 2 is 2.00 bits per heavy atom. The molecule has 1 aliphatic rings. The van der Waals surface area contributed by atoms with Crippen LogP contribution in [0.1, 0.15) is 51.0 Å². The van der Waals surface area contributed by atoms with Crippen LogP contribution in [0.2, 0.25) is 5.02 Å². The van der Waals surface area contributed by atoms with E-state index in [0.717, 1.165) is 31.2 Å². The number of nitrogens with zero attached hydrogens (tertiary/aromatic N) is 1. The minimum Gasteiger partial charge on any atom is -0.480 e. The number of amides is 2. The fraction of sp³-hybridized carbons (Fsp3) is 0.579. The van der Waals surface area contributed by atoms with Crippen LogP contribution >= 0.6 is 11.6 Å². The van der Waals surface area contributed by atoms with Crippen molar-refractivity contribution in [2.24, 2.45) is 5.92 Å². The van der Waals surface area contributed by atoms with Crippen molar-refractivity contribution in [1.29, 1.82) is 0 Å². The highest BCUT2D eigenvalue weighted by Crippen LogP contribution is 2.31. The number of urea groups is 1. The summed E-state index contributed by atoms with van der Waals surface area (Å²) < 4.78 is 0. The van der Waals surface area contributed by atoms with E-state index in [2.05, 4.69) is 5.32 Å². The summed E-state index contributed by atoms with van der Waals surface area (Å²) in [4.78, 5) is 25.8. The molecule has 2 N–H and O–H groups in total. The van der Waals surface area contributed by atoms with E-state index in [-0.39, 0.29) is 6.03 Å². The maximum absolute atomic E-state index is 12.5. The van der Waals surface area contributed by atoms with Gasteiger partial charge in [0.1, 0.15) is 5.54 Å². The molecule has 0 aliphatic heterocycles. The van der Waals surface area contributed by atoms with Crippen LogP contribution in [0.5, 0.6) is 0 Å². The zero-order valence-electron chi connectivity index (χ0n) is 14.9. The molecule has 0 radical (unpaired) electrons. The Balaban J connectivity index is 1.99. The molecule has 2 rings (SSSR count). The molecule has 0 spiro atoms. The standard InChI is InChI=1S/C19H27ClN2O3/c1-19(17(23)24,12-14-7-4-3-5-8-14)21-18(25)22(2)13-15-9-6-10-16(20)11-15/h6,9-11,14H,3-5,7-8,12-13H2,1-2H3,(H,21,25)(H,23,24). The number of carboxylic acid groups (broad SMARTS) is 1. The molecule has 0 heterocycles. The van der Waals surface area contributed by atoms with Gasteiger partial charge in [-0.3, -0.25) is 0 Å². The van der Waals surface area contributed by atoms with Gasteiger partial charge in [-0.25, -0.2) is 9.59 Å². The number of aliphatic carboxylic acids is 1. The van der Waals surface area contributed by atoms with Crippen molar-refractivity contribution < 1.29 is 14.7 Å². The monoisotopic (exact) mass is 366 g/mol. The molecular formula is C19H27ClN2O3. The molecule has 0 aromatic heterocycles. The Morgan fingerprint density at radius 3 is 2.60 bits per heavy atom. The van der Waals surface area contributed by atoms with Crippen LogP contribution in [0, 0.1) is 5.92 Å². The Morgan fingerprint density at radius 1 is 1.32 bits per heavy atom. The molecule has 6 heteroatoms. The van der Waals surface area contributed by atoms with E-state index in [9.17, 15) is 14.7 Å². The van der Waals surface area contributed by atoms with Crippen LogP contribution in [-0.4, -0.2) is 34.6 Å². The quantitative estimate of drug-likeness (QED) is 0.788. The second-order valence-corrected chi connectivity index (χ2v) is 7.70. The summed E-state index contributed by atoms with van der Waals surface area (Å²) in [5.74, 6) is -0.629. The van der Waals surface area contributed by atoms with E-state index >= 15 is 0 Å². The predicted molar refractivity (Wildman–Crippen MR) is 98.7 cm³/mol. The van der Waals surface area contributed by atoms with Gasteiger partial charge in [0.15, 0.2) is 0 Å². The average Bonchev–Trinajstić information content (AvgIpc) is 2.55. The molecule has 1 aliphatic carbocycles. The lowest BCUT2D eigenvalue weighted by atomic mass is 9.80. The summed E-state index contributed by atoms with van der Waals surface area (Å²) in [5, 5.41) is 13.0. The first kappa shape index (κ1) is 19.6. The van der Waals surface area contributed by atoms with Gasteiger partial charge < -0.3 is 15.3 Å². The van der Waals surface area contributed by atoms with E-state index in [1.807, 2.05) is 12.1 Å². The van der Waals surface area contributed by atoms with E-state index in [4.69, 9.17) is 11.6 Å².